The van der Waals surface area contributed by atoms with Gasteiger partial charge in [0.1, 0.15) is 0 Å². The van der Waals surface area contributed by atoms with Crippen molar-refractivity contribution in [2.24, 2.45) is 5.92 Å². The maximum atomic E-state index is 12.1. The number of alkyl halides is 3. The summed E-state index contributed by atoms with van der Waals surface area (Å²) < 4.78 is 36.4. The minimum atomic E-state index is -4.36. The zero-order chi connectivity index (χ0) is 10.8. The Labute approximate surface area is 83.4 Å². The summed E-state index contributed by atoms with van der Waals surface area (Å²) in [6.45, 7) is 1.74. The topological polar surface area (TPSA) is 33.1 Å². The second-order valence-corrected chi connectivity index (χ2v) is 4.24. The van der Waals surface area contributed by atoms with Crippen molar-refractivity contribution in [3.63, 3.8) is 0 Å². The van der Waals surface area contributed by atoms with Gasteiger partial charge < -0.3 is 5.11 Å². The minimum Gasteiger partial charge on any atom is -0.396 e. The number of hydrogen-bond acceptors (Lipinski definition) is 3. The quantitative estimate of drug-likeness (QED) is 0.856. The number of hydrogen-bond donors (Lipinski definition) is 1. The molecule has 0 aliphatic carbocycles. The van der Waals surface area contributed by atoms with Gasteiger partial charge in [-0.25, -0.2) is 4.98 Å². The van der Waals surface area contributed by atoms with Crippen molar-refractivity contribution in [2.45, 2.75) is 19.5 Å². The lowest BCUT2D eigenvalue weighted by atomic mass is 10.1. The van der Waals surface area contributed by atoms with Gasteiger partial charge >= 0.3 is 6.18 Å². The van der Waals surface area contributed by atoms with Crippen LogP contribution in [0.15, 0.2) is 6.20 Å². The third-order valence-electron chi connectivity index (χ3n) is 1.66. The molecule has 14 heavy (non-hydrogen) atoms. The molecule has 1 heterocycles. The third kappa shape index (κ3) is 2.95. The highest BCUT2D eigenvalue weighted by molar-refractivity contribution is 7.11. The number of nitrogens with zero attached hydrogens (tertiary/aromatic N) is 1. The van der Waals surface area contributed by atoms with Gasteiger partial charge in [0.2, 0.25) is 0 Å². The van der Waals surface area contributed by atoms with Crippen LogP contribution in [0.5, 0.6) is 0 Å². The average Bonchev–Trinajstić information content (AvgIpc) is 2.51. The lowest BCUT2D eigenvalue weighted by Gasteiger charge is -2.03. The number of thiazole rings is 1. The fourth-order valence-corrected chi connectivity index (χ4v) is 1.88. The first-order valence-electron chi connectivity index (χ1n) is 4.06. The van der Waals surface area contributed by atoms with E-state index in [0.717, 1.165) is 0 Å². The Kier molecular flexibility index (Phi) is 3.49. The van der Waals surface area contributed by atoms with Crippen molar-refractivity contribution in [1.82, 2.24) is 4.98 Å². The van der Waals surface area contributed by atoms with Gasteiger partial charge in [0.15, 0.2) is 5.01 Å². The van der Waals surface area contributed by atoms with Crippen LogP contribution in [-0.2, 0) is 12.6 Å². The first-order valence-corrected chi connectivity index (χ1v) is 4.88. The molecule has 0 amide bonds. The summed E-state index contributed by atoms with van der Waals surface area (Å²) in [5.74, 6) is -0.0310. The fourth-order valence-electron chi connectivity index (χ4n) is 0.941. The Morgan fingerprint density at radius 2 is 2.21 bits per heavy atom. The molecule has 1 atom stereocenters. The molecule has 6 heteroatoms. The second-order valence-electron chi connectivity index (χ2n) is 3.12. The van der Waals surface area contributed by atoms with Crippen LogP contribution in [0.4, 0.5) is 13.2 Å². The number of aliphatic hydroxyl groups is 1. The van der Waals surface area contributed by atoms with Crippen molar-refractivity contribution >= 4 is 11.3 Å². The van der Waals surface area contributed by atoms with Crippen LogP contribution in [0.25, 0.3) is 0 Å². The van der Waals surface area contributed by atoms with Gasteiger partial charge in [-0.2, -0.15) is 13.2 Å². The molecule has 0 aromatic carbocycles. The molecular weight excluding hydrogens is 215 g/mol. The number of aliphatic hydroxyl groups excluding tert-OH is 1. The molecule has 80 valence electrons. The predicted octanol–water partition coefficient (Wildman–Crippen LogP) is 2.33. The molecule has 0 fully saturated rings. The second kappa shape index (κ2) is 4.27. The fraction of sp³-hybridized carbons (Fsp3) is 0.625. The Morgan fingerprint density at radius 1 is 1.57 bits per heavy atom. The summed E-state index contributed by atoms with van der Waals surface area (Å²) in [4.78, 5) is 3.84. The SMILES string of the molecule is CC(CO)Cc1cnc(C(F)(F)F)s1. The summed E-state index contributed by atoms with van der Waals surface area (Å²) in [7, 11) is 0. The zero-order valence-electron chi connectivity index (χ0n) is 7.51. The molecule has 0 spiro atoms. The molecule has 1 N–H and O–H groups in total. The van der Waals surface area contributed by atoms with Crippen LogP contribution in [0.2, 0.25) is 0 Å². The van der Waals surface area contributed by atoms with E-state index in [1.54, 1.807) is 6.92 Å². The van der Waals surface area contributed by atoms with Crippen molar-refractivity contribution in [3.05, 3.63) is 16.1 Å². The van der Waals surface area contributed by atoms with Gasteiger partial charge in [0.25, 0.3) is 0 Å². The lowest BCUT2D eigenvalue weighted by molar-refractivity contribution is -0.137. The number of aromatic nitrogens is 1. The van der Waals surface area contributed by atoms with Crippen LogP contribution >= 0.6 is 11.3 Å². The van der Waals surface area contributed by atoms with E-state index in [9.17, 15) is 13.2 Å². The molecular formula is C8H10F3NOS. The van der Waals surface area contributed by atoms with E-state index in [0.29, 0.717) is 22.6 Å². The first kappa shape index (κ1) is 11.5. The van der Waals surface area contributed by atoms with Crippen LogP contribution < -0.4 is 0 Å². The Balaban J connectivity index is 2.69. The summed E-state index contributed by atoms with van der Waals surface area (Å²) in [6, 6.07) is 0. The maximum Gasteiger partial charge on any atom is 0.443 e. The molecule has 1 rings (SSSR count). The number of halogens is 3. The molecule has 1 aromatic heterocycles. The lowest BCUT2D eigenvalue weighted by Crippen LogP contribution is -2.03. The first-order chi connectivity index (χ1) is 6.43. The molecule has 2 nitrogen and oxygen atoms in total. The average molecular weight is 225 g/mol. The summed E-state index contributed by atoms with van der Waals surface area (Å²) >= 11 is 0.636. The molecule has 0 bridgehead atoms. The van der Waals surface area contributed by atoms with Crippen molar-refractivity contribution < 1.29 is 18.3 Å². The normalized spacial score (nSPS) is 14.4. The Bertz CT molecular complexity index is 297. The van der Waals surface area contributed by atoms with Crippen LogP contribution in [0, 0.1) is 5.92 Å². The van der Waals surface area contributed by atoms with E-state index in [-0.39, 0.29) is 12.5 Å². The molecule has 0 saturated carbocycles. The highest BCUT2D eigenvalue weighted by atomic mass is 32.1. The van der Waals surface area contributed by atoms with Gasteiger partial charge in [0.05, 0.1) is 0 Å². The highest BCUT2D eigenvalue weighted by Gasteiger charge is 2.34. The van der Waals surface area contributed by atoms with E-state index in [2.05, 4.69) is 4.98 Å². The standard InChI is InChI=1S/C8H10F3NOS/c1-5(4-13)2-6-3-12-7(14-6)8(9,10)11/h3,5,13H,2,4H2,1H3. The smallest absolute Gasteiger partial charge is 0.396 e. The van der Waals surface area contributed by atoms with Gasteiger partial charge in [0, 0.05) is 17.7 Å². The van der Waals surface area contributed by atoms with Gasteiger partial charge in [-0.1, -0.05) is 6.92 Å². The maximum absolute atomic E-state index is 12.1. The van der Waals surface area contributed by atoms with Crippen molar-refractivity contribution in [2.75, 3.05) is 6.61 Å². The predicted molar refractivity (Wildman–Crippen MR) is 47.1 cm³/mol. The minimum absolute atomic E-state index is 0.0285. The third-order valence-corrected chi connectivity index (χ3v) is 2.72. The van der Waals surface area contributed by atoms with E-state index in [1.165, 1.54) is 6.20 Å². The summed E-state index contributed by atoms with van der Waals surface area (Å²) in [6.07, 6.45) is -2.70. The van der Waals surface area contributed by atoms with Crippen molar-refractivity contribution in [1.29, 1.82) is 0 Å². The van der Waals surface area contributed by atoms with Crippen LogP contribution in [0.3, 0.4) is 0 Å². The Morgan fingerprint density at radius 3 is 2.64 bits per heavy atom. The molecule has 0 aliphatic heterocycles. The van der Waals surface area contributed by atoms with Crippen molar-refractivity contribution in [3.8, 4) is 0 Å². The van der Waals surface area contributed by atoms with E-state index >= 15 is 0 Å². The molecule has 1 aromatic rings. The highest BCUT2D eigenvalue weighted by Crippen LogP contribution is 2.32. The molecule has 0 radical (unpaired) electrons. The number of rotatable bonds is 3. The largest absolute Gasteiger partial charge is 0.443 e. The summed E-state index contributed by atoms with van der Waals surface area (Å²) in [5, 5.41) is 7.90. The van der Waals surface area contributed by atoms with Crippen LogP contribution in [-0.4, -0.2) is 16.7 Å². The molecule has 1 unspecified atom stereocenters. The van der Waals surface area contributed by atoms with E-state index < -0.39 is 11.2 Å². The van der Waals surface area contributed by atoms with E-state index in [1.807, 2.05) is 0 Å². The zero-order valence-corrected chi connectivity index (χ0v) is 8.32. The summed E-state index contributed by atoms with van der Waals surface area (Å²) in [5.41, 5.74) is 0. The molecule has 0 saturated heterocycles. The van der Waals surface area contributed by atoms with Gasteiger partial charge in [-0.3, -0.25) is 0 Å². The Hall–Kier alpha value is -0.620. The van der Waals surface area contributed by atoms with E-state index in [4.69, 9.17) is 5.11 Å². The van der Waals surface area contributed by atoms with Crippen LogP contribution in [0.1, 0.15) is 16.8 Å². The monoisotopic (exact) mass is 225 g/mol. The molecule has 0 aliphatic rings. The van der Waals surface area contributed by atoms with Gasteiger partial charge in [-0.15, -0.1) is 11.3 Å². The van der Waals surface area contributed by atoms with Gasteiger partial charge in [-0.05, 0) is 12.3 Å².